The van der Waals surface area contributed by atoms with E-state index in [2.05, 4.69) is 20.5 Å². The second-order valence-corrected chi connectivity index (χ2v) is 7.69. The lowest BCUT2D eigenvalue weighted by molar-refractivity contribution is 0.0833. The van der Waals surface area contributed by atoms with Crippen molar-refractivity contribution in [3.8, 4) is 0 Å². The maximum absolute atomic E-state index is 14.3. The van der Waals surface area contributed by atoms with Crippen molar-refractivity contribution in [2.24, 2.45) is 0 Å². The summed E-state index contributed by atoms with van der Waals surface area (Å²) in [6, 6.07) is 7.71. The molecule has 9 heteroatoms. The lowest BCUT2D eigenvalue weighted by Gasteiger charge is -2.37. The third-order valence-electron chi connectivity index (χ3n) is 5.35. The molecular weight excluding hydrogens is 401 g/mol. The maximum atomic E-state index is 14.3. The monoisotopic (exact) mass is 429 g/mol. The highest BCUT2D eigenvalue weighted by Gasteiger charge is 2.26. The standard InChI is InChI=1S/C22H28FN5O3/c1-15-6-8-17(12-24-15)25-21(29)26-20-11-16(7-9-19(20)23)13-28-10-4-5-18(14-28)27(2)22(30)31-3/h6-9,11-12,18H,4-5,10,13-14H2,1-3H3,(H2,25,26,29)/t18-/m1/s1. The number of pyridine rings is 1. The molecule has 0 bridgehead atoms. The van der Waals surface area contributed by atoms with E-state index in [0.717, 1.165) is 30.6 Å². The van der Waals surface area contributed by atoms with Crippen molar-refractivity contribution in [1.29, 1.82) is 0 Å². The fraction of sp³-hybridized carbons (Fsp3) is 0.409. The highest BCUT2D eigenvalue weighted by molar-refractivity contribution is 5.99. The number of piperidine rings is 1. The van der Waals surface area contributed by atoms with E-state index in [9.17, 15) is 14.0 Å². The van der Waals surface area contributed by atoms with Gasteiger partial charge < -0.3 is 20.3 Å². The van der Waals surface area contributed by atoms with Crippen molar-refractivity contribution in [1.82, 2.24) is 14.8 Å². The van der Waals surface area contributed by atoms with Crippen molar-refractivity contribution in [2.75, 3.05) is 37.9 Å². The molecule has 0 saturated carbocycles. The Labute approximate surface area is 181 Å². The Kier molecular flexibility index (Phi) is 7.41. The molecule has 0 spiro atoms. The quantitative estimate of drug-likeness (QED) is 0.754. The number of likely N-dealkylation sites (N-methyl/N-ethyl adjacent to an activating group) is 1. The number of hydrogen-bond donors (Lipinski definition) is 2. The van der Waals surface area contributed by atoms with Crippen molar-refractivity contribution in [2.45, 2.75) is 32.4 Å². The number of nitrogens with one attached hydrogen (secondary N) is 2. The van der Waals surface area contributed by atoms with Crippen LogP contribution >= 0.6 is 0 Å². The van der Waals surface area contributed by atoms with Gasteiger partial charge in [-0.25, -0.2) is 14.0 Å². The number of urea groups is 1. The number of amides is 3. The van der Waals surface area contributed by atoms with Crippen molar-refractivity contribution >= 4 is 23.5 Å². The molecule has 166 valence electrons. The Hall–Kier alpha value is -3.20. The summed E-state index contributed by atoms with van der Waals surface area (Å²) in [6.07, 6.45) is 3.05. The highest BCUT2D eigenvalue weighted by atomic mass is 19.1. The van der Waals surface area contributed by atoms with E-state index < -0.39 is 11.8 Å². The largest absolute Gasteiger partial charge is 0.453 e. The first kappa shape index (κ1) is 22.5. The van der Waals surface area contributed by atoms with Gasteiger partial charge >= 0.3 is 12.1 Å². The van der Waals surface area contributed by atoms with Crippen molar-refractivity contribution < 1.29 is 18.7 Å². The lowest BCUT2D eigenvalue weighted by atomic mass is 10.0. The van der Waals surface area contributed by atoms with Gasteiger partial charge in [0.15, 0.2) is 0 Å². The highest BCUT2D eigenvalue weighted by Crippen LogP contribution is 2.21. The fourth-order valence-corrected chi connectivity index (χ4v) is 3.64. The van der Waals surface area contributed by atoms with Gasteiger partial charge in [0.05, 0.1) is 24.7 Å². The van der Waals surface area contributed by atoms with Gasteiger partial charge in [-0.1, -0.05) is 6.07 Å². The first-order valence-corrected chi connectivity index (χ1v) is 10.2. The molecule has 2 aromatic rings. The van der Waals surface area contributed by atoms with Crippen LogP contribution in [-0.4, -0.2) is 60.2 Å². The zero-order chi connectivity index (χ0) is 22.4. The molecule has 1 aliphatic heterocycles. The third kappa shape index (κ3) is 6.14. The van der Waals surface area contributed by atoms with Crippen LogP contribution in [0.4, 0.5) is 25.4 Å². The number of anilines is 2. The third-order valence-corrected chi connectivity index (χ3v) is 5.35. The molecule has 2 heterocycles. The number of aryl methyl sites for hydroxylation is 1. The summed E-state index contributed by atoms with van der Waals surface area (Å²) in [5.74, 6) is -0.511. The van der Waals surface area contributed by atoms with Gasteiger partial charge in [-0.05, 0) is 56.1 Å². The number of methoxy groups -OCH3 is 1. The summed E-state index contributed by atoms with van der Waals surface area (Å²) in [5.41, 5.74) is 2.33. The molecule has 3 amide bonds. The topological polar surface area (TPSA) is 86.8 Å². The lowest BCUT2D eigenvalue weighted by Crippen LogP contribution is -2.48. The van der Waals surface area contributed by atoms with Crippen LogP contribution in [0.3, 0.4) is 0 Å². The minimum atomic E-state index is -0.542. The zero-order valence-corrected chi connectivity index (χ0v) is 18.0. The molecule has 2 N–H and O–H groups in total. The van der Waals surface area contributed by atoms with Gasteiger partial charge in [0.1, 0.15) is 5.82 Å². The second-order valence-electron chi connectivity index (χ2n) is 7.69. The van der Waals surface area contributed by atoms with Gasteiger partial charge in [-0.3, -0.25) is 9.88 Å². The number of aromatic nitrogens is 1. The van der Waals surface area contributed by atoms with E-state index in [4.69, 9.17) is 4.74 Å². The van der Waals surface area contributed by atoms with Crippen LogP contribution in [0.15, 0.2) is 36.5 Å². The summed E-state index contributed by atoms with van der Waals surface area (Å²) in [7, 11) is 3.11. The molecule has 0 unspecified atom stereocenters. The Morgan fingerprint density at radius 3 is 2.81 bits per heavy atom. The molecule has 0 aliphatic carbocycles. The molecule has 3 rings (SSSR count). The van der Waals surface area contributed by atoms with Crippen molar-refractivity contribution in [3.63, 3.8) is 0 Å². The number of ether oxygens (including phenoxy) is 1. The second kappa shape index (κ2) is 10.2. The van der Waals surface area contributed by atoms with E-state index >= 15 is 0 Å². The summed E-state index contributed by atoms with van der Waals surface area (Å²) in [4.78, 5) is 32.0. The van der Waals surface area contributed by atoms with Crippen LogP contribution in [0.25, 0.3) is 0 Å². The number of carbonyl (C=O) groups excluding carboxylic acids is 2. The molecule has 1 atom stereocenters. The molecule has 8 nitrogen and oxygen atoms in total. The number of hydrogen-bond acceptors (Lipinski definition) is 5. The van der Waals surface area contributed by atoms with Crippen LogP contribution in [0, 0.1) is 12.7 Å². The molecule has 1 aromatic carbocycles. The first-order chi connectivity index (χ1) is 14.9. The summed E-state index contributed by atoms with van der Waals surface area (Å²) in [5, 5.41) is 5.20. The number of benzene rings is 1. The van der Waals surface area contributed by atoms with E-state index in [1.54, 1.807) is 42.4 Å². The van der Waals surface area contributed by atoms with E-state index in [1.807, 2.05) is 6.92 Å². The van der Waals surface area contributed by atoms with E-state index in [1.165, 1.54) is 13.2 Å². The van der Waals surface area contributed by atoms with Gasteiger partial charge in [-0.2, -0.15) is 0 Å². The zero-order valence-electron chi connectivity index (χ0n) is 18.0. The molecular formula is C22H28FN5O3. The Morgan fingerprint density at radius 2 is 2.10 bits per heavy atom. The van der Waals surface area contributed by atoms with Crippen LogP contribution in [0.2, 0.25) is 0 Å². The Morgan fingerprint density at radius 1 is 1.29 bits per heavy atom. The van der Waals surface area contributed by atoms with E-state index in [-0.39, 0.29) is 17.8 Å². The summed E-state index contributed by atoms with van der Waals surface area (Å²) >= 11 is 0. The molecule has 31 heavy (non-hydrogen) atoms. The Balaban J connectivity index is 1.61. The maximum Gasteiger partial charge on any atom is 0.409 e. The molecule has 1 saturated heterocycles. The van der Waals surface area contributed by atoms with Crippen LogP contribution in [-0.2, 0) is 11.3 Å². The van der Waals surface area contributed by atoms with Gasteiger partial charge in [-0.15, -0.1) is 0 Å². The minimum absolute atomic E-state index is 0.0631. The average molecular weight is 429 g/mol. The molecule has 1 aromatic heterocycles. The first-order valence-electron chi connectivity index (χ1n) is 10.2. The van der Waals surface area contributed by atoms with Gasteiger partial charge in [0, 0.05) is 31.9 Å². The van der Waals surface area contributed by atoms with Crippen LogP contribution < -0.4 is 10.6 Å². The van der Waals surface area contributed by atoms with E-state index in [0.29, 0.717) is 18.8 Å². The van der Waals surface area contributed by atoms with Crippen molar-refractivity contribution in [3.05, 3.63) is 53.6 Å². The van der Waals surface area contributed by atoms with Crippen LogP contribution in [0.5, 0.6) is 0 Å². The van der Waals surface area contributed by atoms with Gasteiger partial charge in [0.25, 0.3) is 0 Å². The molecule has 1 aliphatic rings. The Bertz CT molecular complexity index is 922. The SMILES string of the molecule is COC(=O)N(C)[C@@H]1CCCN(Cc2ccc(F)c(NC(=O)Nc3ccc(C)nc3)c2)C1. The molecule has 0 radical (unpaired) electrons. The predicted molar refractivity (Wildman–Crippen MR) is 116 cm³/mol. The van der Waals surface area contributed by atoms with Crippen LogP contribution in [0.1, 0.15) is 24.1 Å². The number of rotatable bonds is 5. The smallest absolute Gasteiger partial charge is 0.409 e. The predicted octanol–water partition coefficient (Wildman–Crippen LogP) is 3.84. The minimum Gasteiger partial charge on any atom is -0.453 e. The summed E-state index contributed by atoms with van der Waals surface area (Å²) in [6.45, 7) is 4.02. The van der Waals surface area contributed by atoms with Gasteiger partial charge in [0.2, 0.25) is 0 Å². The number of likely N-dealkylation sites (tertiary alicyclic amines) is 1. The number of carbonyl (C=O) groups is 2. The average Bonchev–Trinajstić information content (AvgIpc) is 2.76. The fourth-order valence-electron chi connectivity index (χ4n) is 3.64. The number of nitrogens with zero attached hydrogens (tertiary/aromatic N) is 3. The molecule has 1 fully saturated rings. The summed E-state index contributed by atoms with van der Waals surface area (Å²) < 4.78 is 19.1. The normalized spacial score (nSPS) is 16.5. The number of halogens is 1.